The number of rotatable bonds is 14. The maximum atomic E-state index is 13.1. The van der Waals surface area contributed by atoms with E-state index in [9.17, 15) is 18.8 Å². The van der Waals surface area contributed by atoms with Crippen LogP contribution in [-0.2, 0) is 22.5 Å². The molecule has 9 nitrogen and oxygen atoms in total. The average molecular weight is 476 g/mol. The second-order valence-electron chi connectivity index (χ2n) is 8.87. The molecule has 0 bridgehead atoms. The lowest BCUT2D eigenvalue weighted by molar-refractivity contribution is -0.140. The van der Waals surface area contributed by atoms with Crippen LogP contribution in [0.1, 0.15) is 74.1 Å². The first-order valence-electron chi connectivity index (χ1n) is 9.65. The second kappa shape index (κ2) is 11.5. The van der Waals surface area contributed by atoms with Crippen molar-refractivity contribution in [2.45, 2.75) is 74.1 Å². The number of carbonyl (C=O) groups is 1. The largest absolute Gasteiger partial charge is 0.737 e. The van der Waals surface area contributed by atoms with Gasteiger partial charge >= 0.3 is 24.5 Å². The highest BCUT2D eigenvalue weighted by molar-refractivity contribution is 7.70. The molecule has 29 heavy (non-hydrogen) atoms. The summed E-state index contributed by atoms with van der Waals surface area (Å²) in [7, 11) is -10.4. The summed E-state index contributed by atoms with van der Waals surface area (Å²) >= 11 is 0. The Hall–Kier alpha value is -0.100. The molecule has 1 amide bonds. The minimum Gasteiger partial charge on any atom is -0.355 e. The molecule has 170 valence electrons. The van der Waals surface area contributed by atoms with Crippen LogP contribution in [0.4, 0.5) is 0 Å². The number of nitrogens with one attached hydrogen (secondary N) is 1. The van der Waals surface area contributed by atoms with E-state index >= 15 is 0 Å². The van der Waals surface area contributed by atoms with Crippen LogP contribution in [0.25, 0.3) is 0 Å². The molecular formula is C17H37NO8P3+3. The third-order valence-electron chi connectivity index (χ3n) is 5.97. The summed E-state index contributed by atoms with van der Waals surface area (Å²) in [5.41, 5.74) is -0.915. The Bertz CT molecular complexity index is 583. The molecule has 4 N–H and O–H groups in total. The van der Waals surface area contributed by atoms with Crippen molar-refractivity contribution < 1.29 is 37.2 Å². The molecule has 0 aliphatic carbocycles. The lowest BCUT2D eigenvalue weighted by Gasteiger charge is -2.46. The molecule has 12 heteroatoms. The number of hydrogen-bond donors (Lipinski definition) is 4. The van der Waals surface area contributed by atoms with Crippen LogP contribution < -0.4 is 5.32 Å². The maximum Gasteiger partial charge on any atom is 0.737 e. The summed E-state index contributed by atoms with van der Waals surface area (Å²) in [5, 5.41) is 2.88. The van der Waals surface area contributed by atoms with Crippen molar-refractivity contribution in [1.82, 2.24) is 5.32 Å². The van der Waals surface area contributed by atoms with Gasteiger partial charge in [-0.15, -0.1) is 9.79 Å². The molecule has 0 radical (unpaired) electrons. The molecular weight excluding hydrogens is 439 g/mol. The molecule has 0 saturated carbocycles. The molecule has 0 aromatic rings. The Morgan fingerprint density at radius 3 is 1.86 bits per heavy atom. The van der Waals surface area contributed by atoms with Crippen LogP contribution in [0.5, 0.6) is 0 Å². The first-order chi connectivity index (χ1) is 13.0. The highest BCUT2D eigenvalue weighted by Gasteiger charge is 2.59. The van der Waals surface area contributed by atoms with Crippen LogP contribution in [0.2, 0.25) is 0 Å². The molecule has 0 heterocycles. The van der Waals surface area contributed by atoms with Gasteiger partial charge in [0, 0.05) is 22.1 Å². The summed E-state index contributed by atoms with van der Waals surface area (Å²) in [5.74, 6) is -0.115. The van der Waals surface area contributed by atoms with E-state index in [2.05, 4.69) is 55.5 Å². The third-order valence-corrected chi connectivity index (χ3v) is 10.0. The van der Waals surface area contributed by atoms with Gasteiger partial charge in [-0.05, 0) is 23.7 Å². The summed E-state index contributed by atoms with van der Waals surface area (Å²) in [6, 6.07) is 0. The van der Waals surface area contributed by atoms with Gasteiger partial charge in [-0.1, -0.05) is 54.9 Å². The topological polar surface area (TPSA) is 142 Å². The molecule has 3 atom stereocenters. The number of hydrogen-bond acceptors (Lipinski definition) is 6. The molecule has 3 unspecified atom stereocenters. The lowest BCUT2D eigenvalue weighted by atomic mass is 9.58. The molecule has 0 aromatic heterocycles. The van der Waals surface area contributed by atoms with E-state index in [4.69, 9.17) is 9.79 Å². The first-order valence-corrected chi connectivity index (χ1v) is 13.7. The van der Waals surface area contributed by atoms with Crippen molar-refractivity contribution in [2.24, 2.45) is 16.2 Å². The van der Waals surface area contributed by atoms with Crippen molar-refractivity contribution in [3.05, 3.63) is 0 Å². The summed E-state index contributed by atoms with van der Waals surface area (Å²) < 4.78 is 30.5. The van der Waals surface area contributed by atoms with E-state index in [0.717, 1.165) is 12.8 Å². The highest BCUT2D eigenvalue weighted by atomic mass is 31.3. The van der Waals surface area contributed by atoms with Crippen molar-refractivity contribution in [2.75, 3.05) is 12.7 Å². The van der Waals surface area contributed by atoms with Crippen molar-refractivity contribution in [1.29, 1.82) is 0 Å². The van der Waals surface area contributed by atoms with E-state index in [1.54, 1.807) is 0 Å². The van der Waals surface area contributed by atoms with E-state index < -0.39 is 29.9 Å². The smallest absolute Gasteiger partial charge is 0.355 e. The van der Waals surface area contributed by atoms with E-state index in [-0.39, 0.29) is 35.9 Å². The molecule has 0 aliphatic heterocycles. The van der Waals surface area contributed by atoms with Crippen LogP contribution in [0, 0.1) is 16.2 Å². The molecule has 0 aliphatic rings. The maximum absolute atomic E-state index is 13.1. The SMILES string of the molecule is CCC(C)(C)CC(C)(C(=O)NCCC[P+](O)(O[P+](=O)O)O[P+](=O)O)C(C)(C)CC. The summed E-state index contributed by atoms with van der Waals surface area (Å²) in [4.78, 5) is 40.9. The molecule has 0 aromatic carbocycles. The van der Waals surface area contributed by atoms with Gasteiger partial charge in [0.05, 0.1) is 5.41 Å². The van der Waals surface area contributed by atoms with Crippen LogP contribution in [0.3, 0.4) is 0 Å². The lowest BCUT2D eigenvalue weighted by Crippen LogP contribution is -2.50. The van der Waals surface area contributed by atoms with Gasteiger partial charge in [-0.2, -0.15) is 4.89 Å². The highest BCUT2D eigenvalue weighted by Crippen LogP contribution is 2.66. The fraction of sp³-hybridized carbons (Fsp3) is 0.941. The third kappa shape index (κ3) is 9.28. The molecule has 0 spiro atoms. The standard InChI is InChI=1S/C17H34NO8P3/c1-8-15(3,4)13-17(7,16(5,6)9-2)14(19)18-11-10-12-29(24,25-27(20)21)26-28(22)23/h24H,8-13H2,1-7H3/p+3. The Morgan fingerprint density at radius 2 is 1.48 bits per heavy atom. The van der Waals surface area contributed by atoms with Crippen molar-refractivity contribution in [3.8, 4) is 0 Å². The number of carbonyl (C=O) groups excluding carboxylic acids is 1. The Kier molecular flexibility index (Phi) is 11.5. The zero-order valence-electron chi connectivity index (χ0n) is 18.5. The Morgan fingerprint density at radius 1 is 1.00 bits per heavy atom. The van der Waals surface area contributed by atoms with Crippen molar-refractivity contribution in [3.63, 3.8) is 0 Å². The molecule has 0 fully saturated rings. The fourth-order valence-corrected chi connectivity index (χ4v) is 6.43. The van der Waals surface area contributed by atoms with Crippen LogP contribution in [-0.4, -0.2) is 33.3 Å². The van der Waals surface area contributed by atoms with Gasteiger partial charge in [0.15, 0.2) is 6.16 Å². The fourth-order valence-electron chi connectivity index (χ4n) is 3.09. The van der Waals surface area contributed by atoms with Crippen LogP contribution in [0.15, 0.2) is 0 Å². The van der Waals surface area contributed by atoms with E-state index in [1.807, 2.05) is 6.92 Å². The van der Waals surface area contributed by atoms with Crippen LogP contribution >= 0.6 is 24.5 Å². The van der Waals surface area contributed by atoms with Crippen molar-refractivity contribution >= 4 is 30.4 Å². The van der Waals surface area contributed by atoms with Gasteiger partial charge in [-0.25, -0.2) is 0 Å². The van der Waals surface area contributed by atoms with Gasteiger partial charge in [0.1, 0.15) is 8.62 Å². The van der Waals surface area contributed by atoms with Gasteiger partial charge in [0.2, 0.25) is 5.91 Å². The summed E-state index contributed by atoms with van der Waals surface area (Å²) in [6.45, 7) is 14.7. The van der Waals surface area contributed by atoms with Gasteiger partial charge < -0.3 is 5.32 Å². The second-order valence-corrected chi connectivity index (χ2v) is 12.9. The zero-order chi connectivity index (χ0) is 23.1. The normalized spacial score (nSPS) is 17.9. The monoisotopic (exact) mass is 476 g/mol. The quantitative estimate of drug-likeness (QED) is 0.206. The Balaban J connectivity index is 5.16. The number of amides is 1. The predicted octanol–water partition coefficient (Wildman–Crippen LogP) is 4.85. The van der Waals surface area contributed by atoms with Gasteiger partial charge in [-0.3, -0.25) is 4.79 Å². The minimum absolute atomic E-state index is 0.0230. The first kappa shape index (κ1) is 28.9. The van der Waals surface area contributed by atoms with E-state index in [1.165, 1.54) is 0 Å². The predicted molar refractivity (Wildman–Crippen MR) is 114 cm³/mol. The summed E-state index contributed by atoms with van der Waals surface area (Å²) in [6.07, 6.45) is 2.31. The average Bonchev–Trinajstić information content (AvgIpc) is 2.56. The zero-order valence-corrected chi connectivity index (χ0v) is 21.2. The van der Waals surface area contributed by atoms with E-state index in [0.29, 0.717) is 6.42 Å². The molecule has 0 saturated heterocycles. The van der Waals surface area contributed by atoms with Gasteiger partial charge in [0.25, 0.3) is 0 Å². The Labute approximate surface area is 176 Å². The molecule has 0 rings (SSSR count). The minimum atomic E-state index is -3.98.